The zero-order valence-electron chi connectivity index (χ0n) is 22.7. The third-order valence-electron chi connectivity index (χ3n) is 5.81. The molecule has 3 aromatic heterocycles. The minimum absolute atomic E-state index is 0. The van der Waals surface area contributed by atoms with Crippen LogP contribution in [0.4, 0.5) is 0 Å². The number of nitrogens with zero attached hydrogens (tertiary/aromatic N) is 7. The molecule has 0 unspecified atom stereocenters. The van der Waals surface area contributed by atoms with Crippen molar-refractivity contribution in [2.45, 2.75) is 35.1 Å². The number of aryl methyl sites for hydroxylation is 4. The molecule has 40 heavy (non-hydrogen) atoms. The summed E-state index contributed by atoms with van der Waals surface area (Å²) < 4.78 is 12.1. The van der Waals surface area contributed by atoms with Crippen molar-refractivity contribution < 1.29 is 9.26 Å². The van der Waals surface area contributed by atoms with E-state index in [1.54, 1.807) is 30.5 Å². The highest BCUT2D eigenvalue weighted by Crippen LogP contribution is 2.21. The van der Waals surface area contributed by atoms with Crippen LogP contribution in [0.5, 0.6) is 5.75 Å². The molecule has 3 aromatic carbocycles. The first-order valence-electron chi connectivity index (χ1n) is 12.4. The summed E-state index contributed by atoms with van der Waals surface area (Å²) in [5.41, 5.74) is 6.58. The minimum atomic E-state index is 0. The molecule has 0 N–H and O–H groups in total. The first-order valence-corrected chi connectivity index (χ1v) is 12.4. The normalized spacial score (nSPS) is 9.93. The van der Waals surface area contributed by atoms with Gasteiger partial charge in [0.2, 0.25) is 0 Å². The van der Waals surface area contributed by atoms with Gasteiger partial charge in [-0.25, -0.2) is 4.68 Å². The summed E-state index contributed by atoms with van der Waals surface area (Å²) in [6.07, 6.45) is 7.04. The van der Waals surface area contributed by atoms with Crippen molar-refractivity contribution in [3.63, 3.8) is 0 Å². The Labute approximate surface area is 235 Å². The highest BCUT2D eigenvalue weighted by atomic mass is 16.5. The number of aromatic nitrogens is 7. The zero-order valence-corrected chi connectivity index (χ0v) is 22.7. The number of hydrogen-bond donors (Lipinski definition) is 0. The second-order valence-electron chi connectivity index (χ2n) is 8.67. The molecule has 0 aliphatic rings. The Morgan fingerprint density at radius 3 is 1.98 bits per heavy atom. The van der Waals surface area contributed by atoms with Crippen molar-refractivity contribution in [1.29, 1.82) is 0 Å². The Hall–Kier alpha value is -5.05. The van der Waals surface area contributed by atoms with E-state index in [0.29, 0.717) is 11.7 Å². The van der Waals surface area contributed by atoms with E-state index in [1.807, 2.05) is 92.3 Å². The summed E-state index contributed by atoms with van der Waals surface area (Å²) in [5, 5.41) is 16.0. The van der Waals surface area contributed by atoms with Gasteiger partial charge in [-0.3, -0.25) is 0 Å². The summed E-state index contributed by atoms with van der Waals surface area (Å²) in [6.45, 7) is 7.92. The van der Waals surface area contributed by atoms with Crippen molar-refractivity contribution in [2.24, 2.45) is 0 Å². The van der Waals surface area contributed by atoms with Gasteiger partial charge in [-0.2, -0.15) is 25.1 Å². The van der Waals surface area contributed by atoms with Crippen LogP contribution in [0.2, 0.25) is 0 Å². The molecular weight excluding hydrogens is 502 g/mol. The molecule has 0 spiro atoms. The summed E-state index contributed by atoms with van der Waals surface area (Å²) >= 11 is 0. The fourth-order valence-electron chi connectivity index (χ4n) is 3.77. The Bertz CT molecular complexity index is 1590. The SMILES string of the molecule is C.COc1ccc(-n2nccn2)c(C)c1.Cc1ccccc1-n1cccn1.Cc1noc(-c2ccccc2C)n1. The molecule has 6 rings (SSSR count). The molecule has 0 amide bonds. The first kappa shape index (κ1) is 29.5. The molecular formula is C31H35N7O2. The summed E-state index contributed by atoms with van der Waals surface area (Å²) in [5.74, 6) is 2.10. The van der Waals surface area contributed by atoms with Crippen LogP contribution >= 0.6 is 0 Å². The van der Waals surface area contributed by atoms with Gasteiger partial charge in [0.05, 0.1) is 30.9 Å². The van der Waals surface area contributed by atoms with E-state index in [9.17, 15) is 0 Å². The zero-order chi connectivity index (χ0) is 27.6. The number of ether oxygens (including phenoxy) is 1. The van der Waals surface area contributed by atoms with Crippen molar-refractivity contribution in [1.82, 2.24) is 34.9 Å². The van der Waals surface area contributed by atoms with Gasteiger partial charge in [0, 0.05) is 18.0 Å². The molecule has 0 radical (unpaired) electrons. The van der Waals surface area contributed by atoms with Crippen LogP contribution in [-0.4, -0.2) is 42.0 Å². The van der Waals surface area contributed by atoms with Crippen molar-refractivity contribution in [3.05, 3.63) is 120 Å². The van der Waals surface area contributed by atoms with E-state index in [4.69, 9.17) is 9.26 Å². The van der Waals surface area contributed by atoms with Gasteiger partial charge in [-0.05, 0) is 80.8 Å². The van der Waals surface area contributed by atoms with Crippen LogP contribution in [0.15, 0.2) is 102 Å². The highest BCUT2D eigenvalue weighted by molar-refractivity contribution is 5.57. The Kier molecular flexibility index (Phi) is 10.5. The van der Waals surface area contributed by atoms with E-state index in [1.165, 1.54) is 5.56 Å². The first-order chi connectivity index (χ1) is 19.0. The quantitative estimate of drug-likeness (QED) is 0.245. The van der Waals surface area contributed by atoms with Gasteiger partial charge in [0.1, 0.15) is 5.75 Å². The summed E-state index contributed by atoms with van der Waals surface area (Å²) in [6, 6.07) is 23.8. The summed E-state index contributed by atoms with van der Waals surface area (Å²) in [4.78, 5) is 5.76. The maximum atomic E-state index is 5.12. The van der Waals surface area contributed by atoms with E-state index < -0.39 is 0 Å². The molecule has 3 heterocycles. The van der Waals surface area contributed by atoms with Crippen molar-refractivity contribution in [3.8, 4) is 28.6 Å². The molecule has 0 saturated carbocycles. The second kappa shape index (κ2) is 14.2. The van der Waals surface area contributed by atoms with E-state index in [2.05, 4.69) is 44.5 Å². The average Bonchev–Trinajstić information content (AvgIpc) is 3.74. The van der Waals surface area contributed by atoms with Gasteiger partial charge in [-0.15, -0.1) is 0 Å². The lowest BCUT2D eigenvalue weighted by atomic mass is 10.1. The Morgan fingerprint density at radius 2 is 1.40 bits per heavy atom. The minimum Gasteiger partial charge on any atom is -0.497 e. The average molecular weight is 538 g/mol. The molecule has 0 aliphatic carbocycles. The molecule has 0 saturated heterocycles. The molecule has 0 bridgehead atoms. The molecule has 0 fully saturated rings. The Morgan fingerprint density at radius 1 is 0.700 bits per heavy atom. The second-order valence-corrected chi connectivity index (χ2v) is 8.67. The molecule has 206 valence electrons. The predicted octanol–water partition coefficient (Wildman–Crippen LogP) is 6.75. The smallest absolute Gasteiger partial charge is 0.258 e. The maximum absolute atomic E-state index is 5.12. The number of methoxy groups -OCH3 is 1. The third-order valence-corrected chi connectivity index (χ3v) is 5.81. The fraction of sp³-hybridized carbons (Fsp3) is 0.194. The van der Waals surface area contributed by atoms with Gasteiger partial charge < -0.3 is 9.26 Å². The van der Waals surface area contributed by atoms with Crippen molar-refractivity contribution in [2.75, 3.05) is 7.11 Å². The van der Waals surface area contributed by atoms with Gasteiger partial charge >= 0.3 is 0 Å². The molecule has 6 aromatic rings. The van der Waals surface area contributed by atoms with E-state index >= 15 is 0 Å². The van der Waals surface area contributed by atoms with Gasteiger partial charge in [0.15, 0.2) is 5.82 Å². The summed E-state index contributed by atoms with van der Waals surface area (Å²) in [7, 11) is 1.65. The lowest BCUT2D eigenvalue weighted by Gasteiger charge is -2.06. The van der Waals surface area contributed by atoms with Crippen molar-refractivity contribution >= 4 is 0 Å². The van der Waals surface area contributed by atoms with Crippen LogP contribution in [0.3, 0.4) is 0 Å². The van der Waals surface area contributed by atoms with Crippen LogP contribution in [0.25, 0.3) is 22.8 Å². The number of para-hydroxylation sites is 1. The van der Waals surface area contributed by atoms with Crippen LogP contribution in [0.1, 0.15) is 29.9 Å². The Balaban J connectivity index is 0.000000164. The van der Waals surface area contributed by atoms with E-state index in [-0.39, 0.29) is 7.43 Å². The largest absolute Gasteiger partial charge is 0.497 e. The predicted molar refractivity (Wildman–Crippen MR) is 157 cm³/mol. The van der Waals surface area contributed by atoms with Crippen LogP contribution < -0.4 is 4.74 Å². The monoisotopic (exact) mass is 537 g/mol. The third kappa shape index (κ3) is 7.50. The topological polar surface area (TPSA) is 96.7 Å². The molecule has 0 atom stereocenters. The lowest BCUT2D eigenvalue weighted by molar-refractivity contribution is 0.414. The maximum Gasteiger partial charge on any atom is 0.258 e. The standard InChI is InChI=1S/C10H11N3O.C10H10N2O.C10H10N2.CH4/c1-8-7-9(14-2)3-4-10(8)13-11-5-6-12-13;1-7-5-3-4-6-9(7)10-11-8(2)12-13-10;1-9-5-2-3-6-10(9)12-8-4-7-11-12;/h3-7H,1-2H3;3-6H,1-2H3;2-8H,1H3;1H4. The molecule has 9 heteroatoms. The van der Waals surface area contributed by atoms with E-state index in [0.717, 1.165) is 33.8 Å². The lowest BCUT2D eigenvalue weighted by Crippen LogP contribution is -2.00. The number of benzene rings is 3. The van der Waals surface area contributed by atoms with Gasteiger partial charge in [-0.1, -0.05) is 49.0 Å². The molecule has 0 aliphatic heterocycles. The van der Waals surface area contributed by atoms with Crippen LogP contribution in [0, 0.1) is 27.7 Å². The van der Waals surface area contributed by atoms with Gasteiger partial charge in [0.25, 0.3) is 5.89 Å². The fourth-order valence-corrected chi connectivity index (χ4v) is 3.77. The highest BCUT2D eigenvalue weighted by Gasteiger charge is 2.07. The molecule has 9 nitrogen and oxygen atoms in total. The van der Waals surface area contributed by atoms with Crippen LogP contribution in [-0.2, 0) is 0 Å². The number of hydrogen-bond acceptors (Lipinski definition) is 7. The number of rotatable bonds is 4.